The zero-order valence-corrected chi connectivity index (χ0v) is 19.9. The van der Waals surface area contributed by atoms with Gasteiger partial charge in [-0.3, -0.25) is 4.79 Å². The SMILES string of the molecule is CC(C)(C)c1nc(-c2ccc(NC(=O)C3CCCN(S(=O)(=O)c4cccs4)C3)cc2)no1. The molecule has 0 aliphatic carbocycles. The Labute approximate surface area is 191 Å². The second kappa shape index (κ2) is 8.76. The summed E-state index contributed by atoms with van der Waals surface area (Å²) in [7, 11) is -3.55. The molecule has 2 aromatic heterocycles. The molecule has 1 fully saturated rings. The zero-order chi connectivity index (χ0) is 22.9. The lowest BCUT2D eigenvalue weighted by molar-refractivity contribution is -0.120. The number of carbonyl (C=O) groups excluding carboxylic acids is 1. The van der Waals surface area contributed by atoms with Crippen molar-refractivity contribution in [2.75, 3.05) is 18.4 Å². The molecular formula is C22H26N4O4S2. The second-order valence-electron chi connectivity index (χ2n) is 8.87. The van der Waals surface area contributed by atoms with Crippen LogP contribution in [0.2, 0.25) is 0 Å². The number of carbonyl (C=O) groups is 1. The maximum Gasteiger partial charge on any atom is 0.252 e. The predicted octanol–water partition coefficient (Wildman–Crippen LogP) is 4.14. The third-order valence-electron chi connectivity index (χ3n) is 5.32. The maximum atomic E-state index is 12.8. The van der Waals surface area contributed by atoms with Crippen molar-refractivity contribution in [3.8, 4) is 11.4 Å². The van der Waals surface area contributed by atoms with Gasteiger partial charge in [-0.1, -0.05) is 32.0 Å². The molecule has 3 heterocycles. The highest BCUT2D eigenvalue weighted by atomic mass is 32.2. The first-order valence-electron chi connectivity index (χ1n) is 10.4. The lowest BCUT2D eigenvalue weighted by Crippen LogP contribution is -2.43. The summed E-state index contributed by atoms with van der Waals surface area (Å²) < 4.78 is 32.7. The fourth-order valence-electron chi connectivity index (χ4n) is 3.50. The molecule has 0 radical (unpaired) electrons. The fraction of sp³-hybridized carbons (Fsp3) is 0.409. The number of piperidine rings is 1. The van der Waals surface area contributed by atoms with Crippen molar-refractivity contribution in [1.82, 2.24) is 14.4 Å². The van der Waals surface area contributed by atoms with E-state index in [0.717, 1.165) is 5.56 Å². The van der Waals surface area contributed by atoms with Crippen LogP contribution in [-0.4, -0.2) is 41.9 Å². The molecule has 170 valence electrons. The average molecular weight is 475 g/mol. The highest BCUT2D eigenvalue weighted by Crippen LogP contribution is 2.28. The summed E-state index contributed by atoms with van der Waals surface area (Å²) >= 11 is 1.19. The number of benzene rings is 1. The highest BCUT2D eigenvalue weighted by Gasteiger charge is 2.33. The van der Waals surface area contributed by atoms with Gasteiger partial charge in [-0.2, -0.15) is 9.29 Å². The van der Waals surface area contributed by atoms with Crippen molar-refractivity contribution in [2.24, 2.45) is 5.92 Å². The molecule has 1 aliphatic rings. The largest absolute Gasteiger partial charge is 0.338 e. The fourth-order valence-corrected chi connectivity index (χ4v) is 6.17. The molecule has 1 amide bonds. The normalized spacial score (nSPS) is 17.9. The Morgan fingerprint density at radius 2 is 1.97 bits per heavy atom. The first-order chi connectivity index (χ1) is 15.1. The quantitative estimate of drug-likeness (QED) is 0.596. The van der Waals surface area contributed by atoms with Crippen molar-refractivity contribution in [2.45, 2.75) is 43.2 Å². The summed E-state index contributed by atoms with van der Waals surface area (Å²) in [6, 6.07) is 10.5. The number of anilines is 1. The van der Waals surface area contributed by atoms with E-state index in [2.05, 4.69) is 15.5 Å². The van der Waals surface area contributed by atoms with Crippen LogP contribution in [-0.2, 0) is 20.2 Å². The summed E-state index contributed by atoms with van der Waals surface area (Å²) in [5.74, 6) is 0.474. The lowest BCUT2D eigenvalue weighted by atomic mass is 9.97. The van der Waals surface area contributed by atoms with E-state index >= 15 is 0 Å². The Morgan fingerprint density at radius 1 is 1.22 bits per heavy atom. The van der Waals surface area contributed by atoms with Crippen LogP contribution in [0.1, 0.15) is 39.5 Å². The lowest BCUT2D eigenvalue weighted by Gasteiger charge is -2.30. The summed E-state index contributed by atoms with van der Waals surface area (Å²) in [4.78, 5) is 17.3. The number of nitrogens with zero attached hydrogens (tertiary/aromatic N) is 3. The van der Waals surface area contributed by atoms with E-state index < -0.39 is 15.9 Å². The van der Waals surface area contributed by atoms with E-state index in [1.807, 2.05) is 32.9 Å². The maximum absolute atomic E-state index is 12.8. The van der Waals surface area contributed by atoms with Gasteiger partial charge < -0.3 is 9.84 Å². The van der Waals surface area contributed by atoms with Crippen LogP contribution in [0.15, 0.2) is 50.5 Å². The molecule has 0 bridgehead atoms. The van der Waals surface area contributed by atoms with Gasteiger partial charge in [0.1, 0.15) is 4.21 Å². The Hall–Kier alpha value is -2.56. The number of hydrogen-bond donors (Lipinski definition) is 1. The van der Waals surface area contributed by atoms with Crippen LogP contribution in [0.5, 0.6) is 0 Å². The van der Waals surface area contributed by atoms with Crippen molar-refractivity contribution >= 4 is 33.0 Å². The van der Waals surface area contributed by atoms with Gasteiger partial charge in [-0.15, -0.1) is 11.3 Å². The van der Waals surface area contributed by atoms with Crippen molar-refractivity contribution in [1.29, 1.82) is 0 Å². The smallest absolute Gasteiger partial charge is 0.252 e. The Kier molecular flexibility index (Phi) is 6.19. The second-order valence-corrected chi connectivity index (χ2v) is 12.0. The number of sulfonamides is 1. The molecule has 0 spiro atoms. The Bertz CT molecular complexity index is 1180. The zero-order valence-electron chi connectivity index (χ0n) is 18.2. The van der Waals surface area contributed by atoms with Crippen LogP contribution >= 0.6 is 11.3 Å². The van der Waals surface area contributed by atoms with Crippen molar-refractivity contribution in [3.05, 3.63) is 47.7 Å². The minimum Gasteiger partial charge on any atom is -0.338 e. The van der Waals surface area contributed by atoms with Gasteiger partial charge in [0.05, 0.1) is 5.92 Å². The van der Waals surface area contributed by atoms with E-state index in [-0.39, 0.29) is 17.9 Å². The Morgan fingerprint density at radius 3 is 2.59 bits per heavy atom. The average Bonchev–Trinajstić information content (AvgIpc) is 3.47. The minimum atomic E-state index is -3.55. The molecule has 1 N–H and O–H groups in total. The minimum absolute atomic E-state index is 0.182. The van der Waals surface area contributed by atoms with E-state index in [1.54, 1.807) is 29.6 Å². The number of thiophene rings is 1. The van der Waals surface area contributed by atoms with Crippen LogP contribution < -0.4 is 5.32 Å². The Balaban J connectivity index is 1.41. The van der Waals surface area contributed by atoms with Gasteiger partial charge >= 0.3 is 0 Å². The van der Waals surface area contributed by atoms with Gasteiger partial charge in [0.25, 0.3) is 10.0 Å². The monoisotopic (exact) mass is 474 g/mol. The molecule has 32 heavy (non-hydrogen) atoms. The number of rotatable bonds is 5. The standard InChI is InChI=1S/C22H26N4O4S2/c1-22(2,3)21-24-19(25-30-21)15-8-10-17(11-9-15)23-20(27)16-6-4-12-26(14-16)32(28,29)18-7-5-13-31-18/h5,7-11,13,16H,4,6,12,14H2,1-3H3,(H,23,27). The molecule has 8 nitrogen and oxygen atoms in total. The van der Waals surface area contributed by atoms with Gasteiger partial charge in [0, 0.05) is 29.8 Å². The number of hydrogen-bond acceptors (Lipinski definition) is 7. The first-order valence-corrected chi connectivity index (χ1v) is 12.8. The van der Waals surface area contributed by atoms with Gasteiger partial charge in [-0.05, 0) is 48.6 Å². The van der Waals surface area contributed by atoms with Gasteiger partial charge in [0.15, 0.2) is 0 Å². The molecular weight excluding hydrogens is 448 g/mol. The number of aromatic nitrogens is 2. The van der Waals surface area contributed by atoms with Crippen LogP contribution in [0.3, 0.4) is 0 Å². The van der Waals surface area contributed by atoms with E-state index in [0.29, 0.717) is 41.0 Å². The summed E-state index contributed by atoms with van der Waals surface area (Å²) in [5, 5.41) is 8.68. The predicted molar refractivity (Wildman–Crippen MR) is 123 cm³/mol. The summed E-state index contributed by atoms with van der Waals surface area (Å²) in [5.41, 5.74) is 1.19. The molecule has 10 heteroatoms. The first kappa shape index (κ1) is 22.6. The number of nitrogens with one attached hydrogen (secondary N) is 1. The van der Waals surface area contributed by atoms with Crippen molar-refractivity contribution < 1.29 is 17.7 Å². The summed E-state index contributed by atoms with van der Waals surface area (Å²) in [6.45, 7) is 6.62. The summed E-state index contributed by atoms with van der Waals surface area (Å²) in [6.07, 6.45) is 1.30. The van der Waals surface area contributed by atoms with E-state index in [9.17, 15) is 13.2 Å². The van der Waals surface area contributed by atoms with Gasteiger partial charge in [-0.25, -0.2) is 8.42 Å². The molecule has 0 saturated carbocycles. The molecule has 1 aromatic carbocycles. The highest BCUT2D eigenvalue weighted by molar-refractivity contribution is 7.91. The van der Waals surface area contributed by atoms with Crippen LogP contribution in [0.4, 0.5) is 5.69 Å². The third-order valence-corrected chi connectivity index (χ3v) is 8.56. The molecule has 1 saturated heterocycles. The van der Waals surface area contributed by atoms with E-state index in [1.165, 1.54) is 15.6 Å². The molecule has 3 aromatic rings. The topological polar surface area (TPSA) is 105 Å². The molecule has 1 aliphatic heterocycles. The molecule has 1 unspecified atom stereocenters. The van der Waals surface area contributed by atoms with E-state index in [4.69, 9.17) is 4.52 Å². The number of amides is 1. The van der Waals surface area contributed by atoms with Crippen molar-refractivity contribution in [3.63, 3.8) is 0 Å². The third kappa shape index (κ3) is 4.77. The molecule has 4 rings (SSSR count). The molecule has 1 atom stereocenters. The van der Waals surface area contributed by atoms with Crippen LogP contribution in [0.25, 0.3) is 11.4 Å². The van der Waals surface area contributed by atoms with Gasteiger partial charge in [0.2, 0.25) is 17.6 Å². The van der Waals surface area contributed by atoms with Crippen LogP contribution in [0, 0.1) is 5.92 Å².